The molecule has 0 atom stereocenters. The summed E-state index contributed by atoms with van der Waals surface area (Å²) < 4.78 is 0. The minimum atomic E-state index is -0.215. The molecule has 2 aromatic heterocycles. The molecule has 0 spiro atoms. The van der Waals surface area contributed by atoms with Crippen LogP contribution in [0.15, 0.2) is 10.2 Å². The number of hydrogen-bond donors (Lipinski definition) is 3. The van der Waals surface area contributed by atoms with Crippen LogP contribution in [0.3, 0.4) is 0 Å². The molecule has 1 aliphatic rings. The molecule has 1 amide bonds. The van der Waals surface area contributed by atoms with E-state index < -0.39 is 0 Å². The highest BCUT2D eigenvalue weighted by Crippen LogP contribution is 2.36. The number of nitrogens with two attached hydrogens (primary N) is 1. The first-order valence-electron chi connectivity index (χ1n) is 11.4. The monoisotopic (exact) mass is 459 g/mol. The zero-order valence-corrected chi connectivity index (χ0v) is 21.0. The summed E-state index contributed by atoms with van der Waals surface area (Å²) in [6.07, 6.45) is 4.76. The molecular weight excluding hydrogens is 422 g/mol. The highest BCUT2D eigenvalue weighted by Gasteiger charge is 2.28. The third kappa shape index (κ3) is 4.86. The molecule has 2 heterocycles. The second kappa shape index (κ2) is 10.1. The number of carbonyl (C=O) groups excluding carboxylic acids is 1. The van der Waals surface area contributed by atoms with Crippen molar-refractivity contribution in [2.24, 2.45) is 0 Å². The maximum atomic E-state index is 13.0. The number of thiophene rings is 1. The van der Waals surface area contributed by atoms with Gasteiger partial charge in [-0.15, -0.1) is 11.3 Å². The summed E-state index contributed by atoms with van der Waals surface area (Å²) in [6, 6.07) is 1.18. The number of aromatic nitrogens is 1. The van der Waals surface area contributed by atoms with Crippen LogP contribution in [0.5, 0.6) is 0 Å². The predicted molar refractivity (Wildman–Crippen MR) is 134 cm³/mol. The van der Waals surface area contributed by atoms with Crippen LogP contribution in [0.1, 0.15) is 65.5 Å². The van der Waals surface area contributed by atoms with Crippen LogP contribution >= 0.6 is 11.3 Å². The number of H-pyrrole nitrogens is 1. The molecule has 0 aliphatic heterocycles. The summed E-state index contributed by atoms with van der Waals surface area (Å²) in [7, 11) is 4.33. The number of rotatable bonds is 7. The lowest BCUT2D eigenvalue weighted by Crippen LogP contribution is -2.42. The van der Waals surface area contributed by atoms with Gasteiger partial charge in [-0.05, 0) is 73.0 Å². The summed E-state index contributed by atoms with van der Waals surface area (Å²) in [5.74, 6) is -0.157. The molecule has 176 valence electrons. The fraction of sp³-hybridized carbons (Fsp3) is 0.583. The normalized spacial score (nSPS) is 18.7. The molecule has 8 heteroatoms. The van der Waals surface area contributed by atoms with Crippen LogP contribution in [0.4, 0.5) is 10.7 Å². The van der Waals surface area contributed by atoms with E-state index in [0.29, 0.717) is 28.9 Å². The molecule has 2 aromatic rings. The number of amides is 1. The van der Waals surface area contributed by atoms with Gasteiger partial charge >= 0.3 is 0 Å². The van der Waals surface area contributed by atoms with Gasteiger partial charge < -0.3 is 25.8 Å². The Hall–Kier alpha value is -2.32. The number of anilines is 2. The highest BCUT2D eigenvalue weighted by atomic mass is 32.1. The molecular formula is C24H37N5O2S. The van der Waals surface area contributed by atoms with E-state index in [1.807, 2.05) is 19.2 Å². The maximum absolute atomic E-state index is 13.0. The Morgan fingerprint density at radius 3 is 2.38 bits per heavy atom. The second-order valence-electron chi connectivity index (χ2n) is 9.07. The first-order valence-corrected chi connectivity index (χ1v) is 12.3. The largest absolute Gasteiger partial charge is 0.394 e. The predicted octanol–water partition coefficient (Wildman–Crippen LogP) is 3.57. The fourth-order valence-electron chi connectivity index (χ4n) is 4.77. The zero-order chi connectivity index (χ0) is 23.6. The van der Waals surface area contributed by atoms with Gasteiger partial charge in [-0.3, -0.25) is 9.59 Å². The lowest BCUT2D eigenvalue weighted by atomic mass is 9.89. The molecule has 1 fully saturated rings. The van der Waals surface area contributed by atoms with Gasteiger partial charge in [-0.25, -0.2) is 0 Å². The van der Waals surface area contributed by atoms with E-state index in [0.717, 1.165) is 17.8 Å². The number of pyridine rings is 1. The highest BCUT2D eigenvalue weighted by molar-refractivity contribution is 7.14. The van der Waals surface area contributed by atoms with E-state index in [2.05, 4.69) is 41.1 Å². The molecule has 4 N–H and O–H groups in total. The Kier molecular flexibility index (Phi) is 7.67. The van der Waals surface area contributed by atoms with Gasteiger partial charge in [-0.2, -0.15) is 0 Å². The quantitative estimate of drug-likeness (QED) is 0.588. The second-order valence-corrected chi connectivity index (χ2v) is 9.93. The summed E-state index contributed by atoms with van der Waals surface area (Å²) in [6.45, 7) is 8.89. The van der Waals surface area contributed by atoms with Crippen molar-refractivity contribution in [3.8, 4) is 0 Å². The molecule has 0 radical (unpaired) electrons. The SMILES string of the molecule is CCN(c1scc(C(=O)NCc2c(C)[nH]c(C)c(N)c2=O)c1C)C1CCC(N(C)C)CC1. The van der Waals surface area contributed by atoms with E-state index in [-0.39, 0.29) is 23.6 Å². The Bertz CT molecular complexity index is 1020. The minimum Gasteiger partial charge on any atom is -0.394 e. The van der Waals surface area contributed by atoms with Crippen LogP contribution in [0, 0.1) is 20.8 Å². The number of hydrogen-bond acceptors (Lipinski definition) is 6. The molecule has 7 nitrogen and oxygen atoms in total. The molecule has 0 saturated heterocycles. The van der Waals surface area contributed by atoms with Crippen molar-refractivity contribution in [1.29, 1.82) is 0 Å². The Morgan fingerprint density at radius 2 is 1.78 bits per heavy atom. The van der Waals surface area contributed by atoms with Crippen molar-refractivity contribution in [3.63, 3.8) is 0 Å². The van der Waals surface area contributed by atoms with Crippen molar-refractivity contribution in [2.75, 3.05) is 31.3 Å². The average molecular weight is 460 g/mol. The topological polar surface area (TPSA) is 94.5 Å². The van der Waals surface area contributed by atoms with Gasteiger partial charge in [0.1, 0.15) is 0 Å². The number of aromatic amines is 1. The Balaban J connectivity index is 1.72. The van der Waals surface area contributed by atoms with Gasteiger partial charge in [0.2, 0.25) is 5.43 Å². The lowest BCUT2D eigenvalue weighted by molar-refractivity contribution is 0.0950. The Morgan fingerprint density at radius 1 is 1.16 bits per heavy atom. The van der Waals surface area contributed by atoms with Crippen molar-refractivity contribution >= 4 is 27.9 Å². The first kappa shape index (κ1) is 24.3. The van der Waals surface area contributed by atoms with Crippen LogP contribution in [0.25, 0.3) is 0 Å². The van der Waals surface area contributed by atoms with Crippen molar-refractivity contribution in [2.45, 2.75) is 72.0 Å². The number of carbonyl (C=O) groups is 1. The van der Waals surface area contributed by atoms with Gasteiger partial charge in [0.05, 0.1) is 16.3 Å². The smallest absolute Gasteiger partial charge is 0.252 e. The lowest BCUT2D eigenvalue weighted by Gasteiger charge is -2.39. The zero-order valence-electron chi connectivity index (χ0n) is 20.2. The van der Waals surface area contributed by atoms with Crippen molar-refractivity contribution in [3.05, 3.63) is 43.7 Å². The molecule has 0 unspecified atom stereocenters. The van der Waals surface area contributed by atoms with E-state index in [1.54, 1.807) is 18.3 Å². The van der Waals surface area contributed by atoms with Crippen LogP contribution in [-0.4, -0.2) is 48.5 Å². The summed E-state index contributed by atoms with van der Waals surface area (Å²) in [5, 5.41) is 6.04. The number of nitrogens with one attached hydrogen (secondary N) is 2. The van der Waals surface area contributed by atoms with Crippen molar-refractivity contribution in [1.82, 2.24) is 15.2 Å². The maximum Gasteiger partial charge on any atom is 0.252 e. The van der Waals surface area contributed by atoms with E-state index in [4.69, 9.17) is 5.73 Å². The number of nitrogens with zero attached hydrogens (tertiary/aromatic N) is 2. The number of nitrogen functional groups attached to an aromatic ring is 1. The van der Waals surface area contributed by atoms with Gasteiger partial charge in [0.25, 0.3) is 5.91 Å². The molecule has 1 saturated carbocycles. The third-order valence-corrected chi connectivity index (χ3v) is 7.99. The minimum absolute atomic E-state index is 0.154. The molecule has 3 rings (SSSR count). The fourth-order valence-corrected chi connectivity index (χ4v) is 5.99. The van der Waals surface area contributed by atoms with E-state index in [1.165, 1.54) is 30.7 Å². The van der Waals surface area contributed by atoms with Gasteiger partial charge in [0, 0.05) is 47.5 Å². The summed E-state index contributed by atoms with van der Waals surface area (Å²) in [5.41, 5.74) is 9.45. The molecule has 0 bridgehead atoms. The standard InChI is InChI=1S/C24H37N5O2S/c1-7-29(18-10-8-17(9-11-18)28(5)6)24-14(2)20(13-32-24)23(31)26-12-19-15(3)27-16(4)21(25)22(19)30/h13,17-18H,7-12,25H2,1-6H3,(H,26,31)(H,27,30). The summed E-state index contributed by atoms with van der Waals surface area (Å²) >= 11 is 1.64. The van der Waals surface area contributed by atoms with Crippen LogP contribution in [0.2, 0.25) is 0 Å². The number of aryl methyl sites for hydroxylation is 2. The van der Waals surface area contributed by atoms with E-state index >= 15 is 0 Å². The third-order valence-electron chi connectivity index (χ3n) is 6.87. The average Bonchev–Trinajstić information content (AvgIpc) is 3.14. The van der Waals surface area contributed by atoms with Crippen LogP contribution < -0.4 is 21.4 Å². The van der Waals surface area contributed by atoms with E-state index in [9.17, 15) is 9.59 Å². The van der Waals surface area contributed by atoms with Gasteiger partial charge in [0.15, 0.2) is 0 Å². The molecule has 1 aliphatic carbocycles. The van der Waals surface area contributed by atoms with Gasteiger partial charge in [-0.1, -0.05) is 0 Å². The molecule has 0 aromatic carbocycles. The van der Waals surface area contributed by atoms with Crippen molar-refractivity contribution < 1.29 is 4.79 Å². The molecule has 32 heavy (non-hydrogen) atoms. The Labute approximate surface area is 195 Å². The summed E-state index contributed by atoms with van der Waals surface area (Å²) in [4.78, 5) is 33.4. The van der Waals surface area contributed by atoms with Crippen LogP contribution in [-0.2, 0) is 6.54 Å². The first-order chi connectivity index (χ1) is 15.1.